The van der Waals surface area contributed by atoms with E-state index in [1.165, 1.54) is 10.9 Å². The molecule has 2 aliphatic heterocycles. The van der Waals surface area contributed by atoms with Crippen molar-refractivity contribution < 1.29 is 19.4 Å². The van der Waals surface area contributed by atoms with Crippen molar-refractivity contribution >= 4 is 16.9 Å². The molecule has 10 nitrogen and oxygen atoms in total. The predicted molar refractivity (Wildman–Crippen MR) is 149 cm³/mol. The lowest BCUT2D eigenvalue weighted by molar-refractivity contribution is -0.154. The third kappa shape index (κ3) is 6.44. The van der Waals surface area contributed by atoms with Gasteiger partial charge in [-0.2, -0.15) is 5.10 Å². The molecule has 1 amide bonds. The number of aryl methyl sites for hydroxylation is 1. The number of fused-ring (bicyclic) bond motifs is 1. The summed E-state index contributed by atoms with van der Waals surface area (Å²) in [5, 5.41) is 15.7. The largest absolute Gasteiger partial charge is 0.388 e. The lowest BCUT2D eigenvalue weighted by Gasteiger charge is -2.38. The standard InChI is InChI=1S/C30H37N5O5/c1-22(23-9-4-3-5-10-23)19-25(36)34-15-13-30(38,14-16-34)20-35-21-31-27-24(33(2)32-28(27)29(35)37)11-8-18-40-26-12-6-7-17-39-26/h3-5,9-10,21-22,26,38H,6-7,12-20H2,1-2H3. The van der Waals surface area contributed by atoms with Crippen LogP contribution >= 0.6 is 0 Å². The minimum absolute atomic E-state index is 0.0810. The van der Waals surface area contributed by atoms with Crippen LogP contribution in [0, 0.1) is 11.8 Å². The summed E-state index contributed by atoms with van der Waals surface area (Å²) >= 11 is 0. The first kappa shape index (κ1) is 28.0. The number of aromatic nitrogens is 4. The highest BCUT2D eigenvalue weighted by molar-refractivity contribution is 5.79. The molecule has 212 valence electrons. The zero-order valence-electron chi connectivity index (χ0n) is 23.2. The number of hydrogen-bond acceptors (Lipinski definition) is 7. The van der Waals surface area contributed by atoms with Crippen molar-refractivity contribution in [1.82, 2.24) is 24.2 Å². The molecule has 2 fully saturated rings. The third-order valence-electron chi connectivity index (χ3n) is 7.86. The van der Waals surface area contributed by atoms with Gasteiger partial charge in [-0.3, -0.25) is 18.8 Å². The van der Waals surface area contributed by atoms with Crippen LogP contribution in [0.2, 0.25) is 0 Å². The highest BCUT2D eigenvalue weighted by Crippen LogP contribution is 2.26. The van der Waals surface area contributed by atoms with E-state index in [4.69, 9.17) is 9.47 Å². The zero-order chi connectivity index (χ0) is 28.1. The van der Waals surface area contributed by atoms with Crippen molar-refractivity contribution in [2.24, 2.45) is 7.05 Å². The topological polar surface area (TPSA) is 112 Å². The molecule has 2 atom stereocenters. The molecule has 10 heteroatoms. The van der Waals surface area contributed by atoms with Crippen LogP contribution in [0.3, 0.4) is 0 Å². The fourth-order valence-corrected chi connectivity index (χ4v) is 5.38. The van der Waals surface area contributed by atoms with E-state index in [0.717, 1.165) is 24.8 Å². The Kier molecular flexibility index (Phi) is 8.64. The molecule has 2 saturated heterocycles. The second-order valence-electron chi connectivity index (χ2n) is 10.9. The number of nitrogens with zero attached hydrogens (tertiary/aromatic N) is 5. The Balaban J connectivity index is 1.20. The minimum atomic E-state index is -1.11. The fourth-order valence-electron chi connectivity index (χ4n) is 5.38. The Morgan fingerprint density at radius 3 is 2.73 bits per heavy atom. The van der Waals surface area contributed by atoms with E-state index in [9.17, 15) is 14.7 Å². The van der Waals surface area contributed by atoms with Crippen LogP contribution in [-0.2, 0) is 27.9 Å². The van der Waals surface area contributed by atoms with Gasteiger partial charge in [0, 0.05) is 33.2 Å². The van der Waals surface area contributed by atoms with Gasteiger partial charge in [0.25, 0.3) is 5.56 Å². The molecule has 3 aromatic rings. The molecule has 40 heavy (non-hydrogen) atoms. The van der Waals surface area contributed by atoms with Crippen molar-refractivity contribution in [1.29, 1.82) is 0 Å². The normalized spacial score (nSPS) is 19.7. The van der Waals surface area contributed by atoms with Gasteiger partial charge in [-0.15, -0.1) is 0 Å². The van der Waals surface area contributed by atoms with E-state index < -0.39 is 5.60 Å². The molecule has 5 rings (SSSR count). The van der Waals surface area contributed by atoms with Gasteiger partial charge in [0.2, 0.25) is 5.91 Å². The molecule has 0 spiro atoms. The van der Waals surface area contributed by atoms with Crippen LogP contribution in [0.15, 0.2) is 41.5 Å². The lowest BCUT2D eigenvalue weighted by atomic mass is 9.90. The van der Waals surface area contributed by atoms with Crippen LogP contribution in [-0.4, -0.2) is 73.4 Å². The summed E-state index contributed by atoms with van der Waals surface area (Å²) in [6.45, 7) is 3.95. The van der Waals surface area contributed by atoms with Crippen molar-refractivity contribution in [2.45, 2.75) is 69.8 Å². The van der Waals surface area contributed by atoms with Gasteiger partial charge >= 0.3 is 0 Å². The second kappa shape index (κ2) is 12.3. The van der Waals surface area contributed by atoms with Crippen LogP contribution < -0.4 is 5.56 Å². The molecular weight excluding hydrogens is 510 g/mol. The Hall–Kier alpha value is -3.52. The summed E-state index contributed by atoms with van der Waals surface area (Å²) in [7, 11) is 1.72. The summed E-state index contributed by atoms with van der Waals surface area (Å²) < 4.78 is 14.2. The number of ether oxygens (including phenoxy) is 2. The van der Waals surface area contributed by atoms with Crippen molar-refractivity contribution in [3.05, 3.63) is 58.3 Å². The van der Waals surface area contributed by atoms with Gasteiger partial charge in [-0.05, 0) is 49.5 Å². The number of piperidine rings is 1. The average Bonchev–Trinajstić information content (AvgIpc) is 3.29. The van der Waals surface area contributed by atoms with E-state index >= 15 is 0 Å². The Bertz CT molecular complexity index is 1440. The number of hydrogen-bond donors (Lipinski definition) is 1. The van der Waals surface area contributed by atoms with Crippen LogP contribution in [0.4, 0.5) is 0 Å². The highest BCUT2D eigenvalue weighted by Gasteiger charge is 2.35. The van der Waals surface area contributed by atoms with Gasteiger partial charge in [0.1, 0.15) is 17.8 Å². The molecule has 2 aromatic heterocycles. The highest BCUT2D eigenvalue weighted by atomic mass is 16.7. The second-order valence-corrected chi connectivity index (χ2v) is 10.9. The first-order chi connectivity index (χ1) is 19.3. The first-order valence-corrected chi connectivity index (χ1v) is 14.0. The third-order valence-corrected chi connectivity index (χ3v) is 7.86. The molecule has 2 unspecified atom stereocenters. The average molecular weight is 548 g/mol. The monoisotopic (exact) mass is 547 g/mol. The van der Waals surface area contributed by atoms with Gasteiger partial charge in [-0.25, -0.2) is 4.98 Å². The zero-order valence-corrected chi connectivity index (χ0v) is 23.2. The lowest BCUT2D eigenvalue weighted by Crippen LogP contribution is -2.49. The maximum atomic E-state index is 13.3. The van der Waals surface area contributed by atoms with E-state index in [1.54, 1.807) is 11.7 Å². The van der Waals surface area contributed by atoms with Gasteiger partial charge in [-0.1, -0.05) is 43.2 Å². The smallest absolute Gasteiger partial charge is 0.281 e. The molecule has 2 aliphatic rings. The van der Waals surface area contributed by atoms with Crippen molar-refractivity contribution in [3.8, 4) is 11.8 Å². The Morgan fingerprint density at radius 1 is 1.23 bits per heavy atom. The number of rotatable bonds is 7. The molecule has 0 saturated carbocycles. The SMILES string of the molecule is CC(CC(=O)N1CCC(O)(Cn2cnc3c(C#CCOC4CCCCO4)n(C)nc3c2=O)CC1)c1ccccc1. The number of benzene rings is 1. The fraction of sp³-hybridized carbons (Fsp3) is 0.533. The van der Waals surface area contributed by atoms with Crippen LogP contribution in [0.25, 0.3) is 11.0 Å². The number of aliphatic hydroxyl groups is 1. The first-order valence-electron chi connectivity index (χ1n) is 14.0. The molecule has 1 aromatic carbocycles. The van der Waals surface area contributed by atoms with Crippen molar-refractivity contribution in [2.75, 3.05) is 26.3 Å². The molecule has 4 heterocycles. The van der Waals surface area contributed by atoms with E-state index in [2.05, 4.69) is 28.8 Å². The van der Waals surface area contributed by atoms with E-state index in [1.807, 2.05) is 35.2 Å². The Labute approximate surface area is 233 Å². The van der Waals surface area contributed by atoms with Crippen molar-refractivity contribution in [3.63, 3.8) is 0 Å². The quantitative estimate of drug-likeness (QED) is 0.453. The molecule has 0 radical (unpaired) electrons. The summed E-state index contributed by atoms with van der Waals surface area (Å²) in [6.07, 6.45) is 5.42. The van der Waals surface area contributed by atoms with E-state index in [0.29, 0.717) is 50.2 Å². The predicted octanol–water partition coefficient (Wildman–Crippen LogP) is 2.57. The summed E-state index contributed by atoms with van der Waals surface area (Å²) in [4.78, 5) is 32.4. The number of carbonyl (C=O) groups excluding carboxylic acids is 1. The van der Waals surface area contributed by atoms with Gasteiger partial charge in [0.05, 0.1) is 18.5 Å². The van der Waals surface area contributed by atoms with Gasteiger partial charge < -0.3 is 19.5 Å². The number of likely N-dealkylation sites (tertiary alicyclic amines) is 1. The Morgan fingerprint density at radius 2 is 2.00 bits per heavy atom. The minimum Gasteiger partial charge on any atom is -0.388 e. The maximum Gasteiger partial charge on any atom is 0.281 e. The van der Waals surface area contributed by atoms with E-state index in [-0.39, 0.29) is 42.3 Å². The number of carbonyl (C=O) groups is 1. The molecule has 1 N–H and O–H groups in total. The molecule has 0 aliphatic carbocycles. The molecule has 0 bridgehead atoms. The summed E-state index contributed by atoms with van der Waals surface area (Å²) in [6, 6.07) is 10.00. The number of amides is 1. The van der Waals surface area contributed by atoms with Crippen LogP contribution in [0.1, 0.15) is 62.6 Å². The van der Waals surface area contributed by atoms with Crippen LogP contribution in [0.5, 0.6) is 0 Å². The van der Waals surface area contributed by atoms with Gasteiger partial charge in [0.15, 0.2) is 11.8 Å². The molecular formula is C30H37N5O5. The summed E-state index contributed by atoms with van der Waals surface area (Å²) in [5.74, 6) is 6.20. The summed E-state index contributed by atoms with van der Waals surface area (Å²) in [5.41, 5.74) is 0.850. The maximum absolute atomic E-state index is 13.3.